The quantitative estimate of drug-likeness (QED) is 0.397. The SMILES string of the molecule is CCC(C)(O)c1cnc2n1C[C@H](c1cccc(F)c1F)CC[C@H]2NC(=O)N1CCC2(CC1)OC(=O)Nc1ncccc12. The number of nitrogens with one attached hydrogen (secondary N) is 2. The molecule has 12 heteroatoms. The number of fused-ring (bicyclic) bond motifs is 3. The molecular weight excluding hydrogens is 546 g/mol. The van der Waals surface area contributed by atoms with Crippen LogP contribution in [0.5, 0.6) is 0 Å². The van der Waals surface area contributed by atoms with Gasteiger partial charge in [-0.15, -0.1) is 0 Å². The van der Waals surface area contributed by atoms with E-state index in [0.29, 0.717) is 62.5 Å². The van der Waals surface area contributed by atoms with E-state index in [2.05, 4.69) is 20.6 Å². The highest BCUT2D eigenvalue weighted by Gasteiger charge is 2.46. The lowest BCUT2D eigenvalue weighted by Crippen LogP contribution is -2.52. The van der Waals surface area contributed by atoms with E-state index in [9.17, 15) is 23.5 Å². The highest BCUT2D eigenvalue weighted by Crippen LogP contribution is 2.43. The van der Waals surface area contributed by atoms with Crippen molar-refractivity contribution < 1.29 is 28.2 Å². The number of hydrogen-bond donors (Lipinski definition) is 3. The third kappa shape index (κ3) is 4.87. The van der Waals surface area contributed by atoms with Crippen molar-refractivity contribution in [2.24, 2.45) is 0 Å². The summed E-state index contributed by atoms with van der Waals surface area (Å²) in [6.45, 7) is 4.53. The monoisotopic (exact) mass is 580 g/mol. The number of piperidine rings is 1. The standard InChI is InChI=1S/C30H34F2N6O4/c1-3-29(2,41)23-16-34-26-22(10-9-18(17-38(23)26)19-6-4-8-21(31)24(19)32)35-27(39)37-14-11-30(12-15-37)20-7-5-13-33-25(20)36-28(40)42-30/h4-8,13,16,18,22,41H,3,9-12,14-15,17H2,1-2H3,(H,35,39)(H,33,36,40)/t18-,22-,29?/m1/s1. The van der Waals surface area contributed by atoms with Crippen molar-refractivity contribution in [3.05, 3.63) is 77.0 Å². The maximum Gasteiger partial charge on any atom is 0.413 e. The van der Waals surface area contributed by atoms with E-state index in [4.69, 9.17) is 4.74 Å². The molecule has 3 N–H and O–H groups in total. The van der Waals surface area contributed by atoms with E-state index in [1.165, 1.54) is 6.07 Å². The zero-order chi connectivity index (χ0) is 29.6. The molecule has 1 aromatic carbocycles. The lowest BCUT2D eigenvalue weighted by Gasteiger charge is -2.43. The number of amides is 3. The fraction of sp³-hybridized carbons (Fsp3) is 0.467. The van der Waals surface area contributed by atoms with Gasteiger partial charge in [0.1, 0.15) is 22.8 Å². The van der Waals surface area contributed by atoms with Crippen LogP contribution < -0.4 is 10.6 Å². The maximum atomic E-state index is 14.9. The normalized spacial score (nSPS) is 22.7. The van der Waals surface area contributed by atoms with Crippen LogP contribution in [0.25, 0.3) is 0 Å². The number of rotatable bonds is 4. The van der Waals surface area contributed by atoms with E-state index in [1.807, 2.05) is 17.6 Å². The number of halogens is 2. The number of anilines is 1. The molecule has 3 atom stereocenters. The summed E-state index contributed by atoms with van der Waals surface area (Å²) >= 11 is 0. The minimum absolute atomic E-state index is 0.260. The van der Waals surface area contributed by atoms with Crippen molar-refractivity contribution in [2.75, 3.05) is 18.4 Å². The van der Waals surface area contributed by atoms with Gasteiger partial charge in [0, 0.05) is 50.2 Å². The Hall–Kier alpha value is -4.06. The molecule has 10 nitrogen and oxygen atoms in total. The number of likely N-dealkylation sites (tertiary alicyclic amines) is 1. The first-order chi connectivity index (χ1) is 20.1. The molecule has 1 spiro atoms. The number of benzene rings is 1. The lowest BCUT2D eigenvalue weighted by atomic mass is 9.83. The van der Waals surface area contributed by atoms with Gasteiger partial charge in [0.05, 0.1) is 17.9 Å². The summed E-state index contributed by atoms with van der Waals surface area (Å²) in [4.78, 5) is 36.4. The second-order valence-corrected chi connectivity index (χ2v) is 11.6. The van der Waals surface area contributed by atoms with Crippen molar-refractivity contribution in [3.8, 4) is 0 Å². The number of pyridine rings is 1. The Morgan fingerprint density at radius 1 is 1.21 bits per heavy atom. The summed E-state index contributed by atoms with van der Waals surface area (Å²) in [6.07, 6.45) is 4.80. The highest BCUT2D eigenvalue weighted by molar-refractivity contribution is 5.87. The van der Waals surface area contributed by atoms with Crippen LogP contribution in [0.15, 0.2) is 42.7 Å². The predicted molar refractivity (Wildman–Crippen MR) is 149 cm³/mol. The first-order valence-corrected chi connectivity index (χ1v) is 14.3. The van der Waals surface area contributed by atoms with Gasteiger partial charge in [-0.25, -0.2) is 28.3 Å². The van der Waals surface area contributed by atoms with Crippen LogP contribution in [0.3, 0.4) is 0 Å². The van der Waals surface area contributed by atoms with Gasteiger partial charge in [0.15, 0.2) is 11.6 Å². The molecule has 5 heterocycles. The molecule has 6 rings (SSSR count). The van der Waals surface area contributed by atoms with Crippen molar-refractivity contribution in [3.63, 3.8) is 0 Å². The Morgan fingerprint density at radius 3 is 2.76 bits per heavy atom. The van der Waals surface area contributed by atoms with Crippen molar-refractivity contribution in [2.45, 2.75) is 75.7 Å². The Bertz CT molecular complexity index is 1520. The summed E-state index contributed by atoms with van der Waals surface area (Å²) in [7, 11) is 0. The lowest BCUT2D eigenvalue weighted by molar-refractivity contribution is -0.0308. The van der Waals surface area contributed by atoms with Gasteiger partial charge < -0.3 is 24.6 Å². The molecule has 3 amide bonds. The molecule has 42 heavy (non-hydrogen) atoms. The van der Waals surface area contributed by atoms with Gasteiger partial charge in [-0.05, 0) is 49.9 Å². The second-order valence-electron chi connectivity index (χ2n) is 11.6. The third-order valence-corrected chi connectivity index (χ3v) is 9.03. The second kappa shape index (κ2) is 10.6. The number of hydrogen-bond acceptors (Lipinski definition) is 6. The number of imidazole rings is 1. The van der Waals surface area contributed by atoms with Crippen LogP contribution in [-0.4, -0.2) is 49.8 Å². The number of aromatic nitrogens is 3. The smallest absolute Gasteiger partial charge is 0.413 e. The maximum absolute atomic E-state index is 14.9. The van der Waals surface area contributed by atoms with Crippen molar-refractivity contribution in [1.29, 1.82) is 0 Å². The van der Waals surface area contributed by atoms with Crippen LogP contribution in [0.2, 0.25) is 0 Å². The minimum Gasteiger partial charge on any atom is -0.437 e. The van der Waals surface area contributed by atoms with Gasteiger partial charge in [0.2, 0.25) is 0 Å². The topological polar surface area (TPSA) is 122 Å². The average molecular weight is 581 g/mol. The predicted octanol–water partition coefficient (Wildman–Crippen LogP) is 5.06. The van der Waals surface area contributed by atoms with Crippen molar-refractivity contribution in [1.82, 2.24) is 24.8 Å². The van der Waals surface area contributed by atoms with E-state index in [1.54, 1.807) is 36.4 Å². The molecule has 3 aliphatic rings. The average Bonchev–Trinajstić information content (AvgIpc) is 3.32. The molecule has 1 fully saturated rings. The number of urea groups is 1. The fourth-order valence-electron chi connectivity index (χ4n) is 6.42. The zero-order valence-electron chi connectivity index (χ0n) is 23.6. The van der Waals surface area contributed by atoms with E-state index < -0.39 is 35.0 Å². The molecule has 1 saturated heterocycles. The molecule has 1 unspecified atom stereocenters. The summed E-state index contributed by atoms with van der Waals surface area (Å²) in [6, 6.07) is 7.03. The minimum atomic E-state index is -1.20. The summed E-state index contributed by atoms with van der Waals surface area (Å²) < 4.78 is 36.6. The Kier molecular flexibility index (Phi) is 7.12. The Labute approximate surface area is 242 Å². The van der Waals surface area contributed by atoms with Gasteiger partial charge in [0.25, 0.3) is 0 Å². The zero-order valence-corrected chi connectivity index (χ0v) is 23.6. The Balaban J connectivity index is 1.23. The third-order valence-electron chi connectivity index (χ3n) is 9.03. The molecule has 3 aromatic rings. The number of ether oxygens (including phenoxy) is 1. The van der Waals surface area contributed by atoms with Crippen LogP contribution in [-0.2, 0) is 22.5 Å². The largest absolute Gasteiger partial charge is 0.437 e. The Morgan fingerprint density at radius 2 is 2.00 bits per heavy atom. The van der Waals surface area contributed by atoms with Crippen molar-refractivity contribution >= 4 is 17.9 Å². The van der Waals surface area contributed by atoms with E-state index in [0.717, 1.165) is 11.6 Å². The molecule has 0 radical (unpaired) electrons. The van der Waals surface area contributed by atoms with Gasteiger partial charge in [-0.1, -0.05) is 19.1 Å². The molecule has 0 aliphatic carbocycles. The molecule has 2 aromatic heterocycles. The number of carbonyl (C=O) groups is 2. The van der Waals surface area contributed by atoms with Crippen LogP contribution in [0.4, 0.5) is 24.2 Å². The first kappa shape index (κ1) is 28.1. The fourth-order valence-corrected chi connectivity index (χ4v) is 6.42. The highest BCUT2D eigenvalue weighted by atomic mass is 19.2. The van der Waals surface area contributed by atoms with Crippen LogP contribution in [0.1, 0.15) is 80.6 Å². The van der Waals surface area contributed by atoms with E-state index in [-0.39, 0.29) is 24.1 Å². The number of aliphatic hydroxyl groups is 1. The molecular formula is C30H34F2N6O4. The number of carbonyl (C=O) groups excluding carboxylic acids is 2. The van der Waals surface area contributed by atoms with Gasteiger partial charge >= 0.3 is 12.1 Å². The van der Waals surface area contributed by atoms with Gasteiger partial charge in [-0.2, -0.15) is 0 Å². The van der Waals surface area contributed by atoms with Gasteiger partial charge in [-0.3, -0.25) is 5.32 Å². The molecule has 222 valence electrons. The summed E-state index contributed by atoms with van der Waals surface area (Å²) in [5.41, 5.74) is -0.446. The van der Waals surface area contributed by atoms with Crippen LogP contribution in [0, 0.1) is 11.6 Å². The number of nitrogens with zero attached hydrogens (tertiary/aromatic N) is 4. The molecule has 0 bridgehead atoms. The molecule has 0 saturated carbocycles. The first-order valence-electron chi connectivity index (χ1n) is 14.3. The molecule has 3 aliphatic heterocycles. The summed E-state index contributed by atoms with van der Waals surface area (Å²) in [5.74, 6) is -1.14. The van der Waals surface area contributed by atoms with E-state index >= 15 is 0 Å². The van der Waals surface area contributed by atoms with Crippen LogP contribution >= 0.6 is 0 Å². The summed E-state index contributed by atoms with van der Waals surface area (Å²) in [5, 5.41) is 16.9.